The van der Waals surface area contributed by atoms with Crippen LogP contribution in [0.1, 0.15) is 12.5 Å². The average molecular weight is 342 g/mol. The van der Waals surface area contributed by atoms with Gasteiger partial charge in [-0.15, -0.1) is 0 Å². The Bertz CT molecular complexity index is 833. The lowest BCUT2D eigenvalue weighted by molar-refractivity contribution is -0.115. The summed E-state index contributed by atoms with van der Waals surface area (Å²) in [6.07, 6.45) is 1.52. The van der Waals surface area contributed by atoms with Crippen LogP contribution in [0.15, 0.2) is 58.4 Å². The maximum atomic E-state index is 13.7. The minimum absolute atomic E-state index is 0.295. The molecule has 2 aromatic rings. The highest BCUT2D eigenvalue weighted by Crippen LogP contribution is 2.32. The Kier molecular flexibility index (Phi) is 4.96. The van der Waals surface area contributed by atoms with Crippen molar-refractivity contribution in [3.63, 3.8) is 0 Å². The average Bonchev–Trinajstić information content (AvgIpc) is 2.91. The molecule has 0 aromatic heterocycles. The summed E-state index contributed by atoms with van der Waals surface area (Å²) in [6, 6.07) is 13.6. The second kappa shape index (κ2) is 7.31. The summed E-state index contributed by atoms with van der Waals surface area (Å²) in [6.45, 7) is 2.42. The molecule has 1 heterocycles. The van der Waals surface area contributed by atoms with E-state index in [9.17, 15) is 9.18 Å². The molecule has 1 amide bonds. The number of thioether (sulfide) groups is 1. The smallest absolute Gasteiger partial charge is 0.264 e. The van der Waals surface area contributed by atoms with Gasteiger partial charge in [0.15, 0.2) is 5.17 Å². The van der Waals surface area contributed by atoms with Crippen molar-refractivity contribution in [3.8, 4) is 5.75 Å². The van der Waals surface area contributed by atoms with Gasteiger partial charge in [0.25, 0.3) is 5.91 Å². The highest BCUT2D eigenvalue weighted by atomic mass is 32.2. The van der Waals surface area contributed by atoms with Crippen LogP contribution in [0.2, 0.25) is 0 Å². The summed E-state index contributed by atoms with van der Waals surface area (Å²) in [5, 5.41) is 3.13. The van der Waals surface area contributed by atoms with E-state index in [1.807, 2.05) is 31.2 Å². The maximum absolute atomic E-state index is 13.7. The van der Waals surface area contributed by atoms with Crippen LogP contribution in [0.4, 0.5) is 10.1 Å². The fraction of sp³-hybridized carbons (Fsp3) is 0.111. The van der Waals surface area contributed by atoms with E-state index in [1.165, 1.54) is 23.9 Å². The largest absolute Gasteiger partial charge is 0.492 e. The lowest BCUT2D eigenvalue weighted by Crippen LogP contribution is -2.19. The van der Waals surface area contributed by atoms with Crippen LogP contribution in [-0.4, -0.2) is 17.7 Å². The van der Waals surface area contributed by atoms with Crippen molar-refractivity contribution < 1.29 is 13.9 Å². The van der Waals surface area contributed by atoms with Crippen LogP contribution in [0.25, 0.3) is 6.08 Å². The first-order valence-electron chi connectivity index (χ1n) is 7.43. The van der Waals surface area contributed by atoms with E-state index >= 15 is 0 Å². The normalized spacial score (nSPS) is 17.3. The zero-order valence-electron chi connectivity index (χ0n) is 13.0. The molecular weight excluding hydrogens is 327 g/mol. The van der Waals surface area contributed by atoms with Gasteiger partial charge in [-0.1, -0.05) is 30.3 Å². The molecule has 6 heteroatoms. The Morgan fingerprint density at radius 1 is 1.21 bits per heavy atom. The predicted octanol–water partition coefficient (Wildman–Crippen LogP) is 4.12. The number of carbonyl (C=O) groups excluding carboxylic acids is 1. The van der Waals surface area contributed by atoms with Gasteiger partial charge in [-0.25, -0.2) is 9.38 Å². The van der Waals surface area contributed by atoms with E-state index in [0.29, 0.717) is 33.7 Å². The SMILES string of the molecule is CCOc1ccccc1N=C1NC(=O)/C(=C/c2ccccc2F)S1. The van der Waals surface area contributed by atoms with Crippen molar-refractivity contribution in [2.75, 3.05) is 6.61 Å². The minimum atomic E-state index is -0.370. The molecule has 0 unspecified atom stereocenters. The second-order valence-corrected chi connectivity index (χ2v) is 5.93. The highest BCUT2D eigenvalue weighted by Gasteiger charge is 2.24. The third kappa shape index (κ3) is 3.65. The lowest BCUT2D eigenvalue weighted by Gasteiger charge is -2.06. The number of hydrogen-bond acceptors (Lipinski definition) is 4. The first-order valence-corrected chi connectivity index (χ1v) is 8.25. The first-order chi connectivity index (χ1) is 11.7. The summed E-state index contributed by atoms with van der Waals surface area (Å²) in [5.41, 5.74) is 1.00. The molecule has 0 aliphatic carbocycles. The Labute approximate surface area is 143 Å². The van der Waals surface area contributed by atoms with Crippen molar-refractivity contribution in [3.05, 3.63) is 64.8 Å². The molecule has 24 heavy (non-hydrogen) atoms. The maximum Gasteiger partial charge on any atom is 0.264 e. The number of para-hydroxylation sites is 2. The standard InChI is InChI=1S/C18H15FN2O2S/c1-2-23-15-10-6-5-9-14(15)20-18-21-17(22)16(24-18)11-12-7-3-4-8-13(12)19/h3-11H,2H2,1H3,(H,20,21,22)/b16-11-. The van der Waals surface area contributed by atoms with E-state index in [1.54, 1.807) is 18.2 Å². The first kappa shape index (κ1) is 16.3. The number of nitrogens with zero attached hydrogens (tertiary/aromatic N) is 1. The molecule has 0 spiro atoms. The number of hydrogen-bond donors (Lipinski definition) is 1. The Morgan fingerprint density at radius 3 is 2.75 bits per heavy atom. The zero-order chi connectivity index (χ0) is 16.9. The fourth-order valence-electron chi connectivity index (χ4n) is 2.15. The monoisotopic (exact) mass is 342 g/mol. The summed E-state index contributed by atoms with van der Waals surface area (Å²) in [4.78, 5) is 16.9. The van der Waals surface area contributed by atoms with Gasteiger partial charge in [-0.3, -0.25) is 4.79 Å². The molecule has 1 N–H and O–H groups in total. The molecule has 1 saturated heterocycles. The van der Waals surface area contributed by atoms with Crippen LogP contribution in [0, 0.1) is 5.82 Å². The molecule has 3 rings (SSSR count). The molecule has 122 valence electrons. The van der Waals surface area contributed by atoms with Gasteiger partial charge in [0.05, 0.1) is 11.5 Å². The van der Waals surface area contributed by atoms with E-state index in [2.05, 4.69) is 10.3 Å². The topological polar surface area (TPSA) is 50.7 Å². The quantitative estimate of drug-likeness (QED) is 0.851. The van der Waals surface area contributed by atoms with E-state index in [-0.39, 0.29) is 11.7 Å². The molecule has 1 aliphatic rings. The number of carbonyl (C=O) groups is 1. The van der Waals surface area contributed by atoms with Gasteiger partial charge >= 0.3 is 0 Å². The molecule has 2 aromatic carbocycles. The number of benzene rings is 2. The van der Waals surface area contributed by atoms with Crippen LogP contribution < -0.4 is 10.1 Å². The van der Waals surface area contributed by atoms with Gasteiger partial charge in [0.2, 0.25) is 0 Å². The summed E-state index contributed by atoms with van der Waals surface area (Å²) >= 11 is 1.17. The fourth-order valence-corrected chi connectivity index (χ4v) is 2.98. The number of amidine groups is 1. The molecule has 4 nitrogen and oxygen atoms in total. The summed E-state index contributed by atoms with van der Waals surface area (Å²) < 4.78 is 19.2. The number of nitrogens with one attached hydrogen (secondary N) is 1. The third-order valence-electron chi connectivity index (χ3n) is 3.23. The molecule has 0 radical (unpaired) electrons. The minimum Gasteiger partial charge on any atom is -0.492 e. The van der Waals surface area contributed by atoms with Gasteiger partial charge in [-0.2, -0.15) is 0 Å². The van der Waals surface area contributed by atoms with E-state index in [0.717, 1.165) is 0 Å². The number of ether oxygens (including phenoxy) is 1. The molecule has 1 aliphatic heterocycles. The Balaban J connectivity index is 1.86. The number of rotatable bonds is 4. The molecular formula is C18H15FN2O2S. The van der Waals surface area contributed by atoms with Crippen molar-refractivity contribution in [1.29, 1.82) is 0 Å². The van der Waals surface area contributed by atoms with Crippen LogP contribution in [-0.2, 0) is 4.79 Å². The molecule has 0 saturated carbocycles. The Hall–Kier alpha value is -2.60. The summed E-state index contributed by atoms with van der Waals surface area (Å²) in [5.74, 6) is -0.0183. The van der Waals surface area contributed by atoms with Gasteiger partial charge in [0, 0.05) is 5.56 Å². The van der Waals surface area contributed by atoms with Crippen molar-refractivity contribution in [1.82, 2.24) is 5.32 Å². The molecule has 0 bridgehead atoms. The van der Waals surface area contributed by atoms with Crippen molar-refractivity contribution in [2.45, 2.75) is 6.92 Å². The highest BCUT2D eigenvalue weighted by molar-refractivity contribution is 8.18. The molecule has 1 fully saturated rings. The Morgan fingerprint density at radius 2 is 1.96 bits per heavy atom. The number of amides is 1. The summed E-state index contributed by atoms with van der Waals surface area (Å²) in [7, 11) is 0. The zero-order valence-corrected chi connectivity index (χ0v) is 13.8. The van der Waals surface area contributed by atoms with Gasteiger partial charge in [-0.05, 0) is 43.0 Å². The van der Waals surface area contributed by atoms with Crippen LogP contribution in [0.3, 0.4) is 0 Å². The van der Waals surface area contributed by atoms with Crippen molar-refractivity contribution in [2.24, 2.45) is 4.99 Å². The number of halogens is 1. The number of aliphatic imine (C=N–C) groups is 1. The lowest BCUT2D eigenvalue weighted by atomic mass is 10.2. The van der Waals surface area contributed by atoms with Gasteiger partial charge in [0.1, 0.15) is 17.3 Å². The van der Waals surface area contributed by atoms with Gasteiger partial charge < -0.3 is 10.1 Å². The second-order valence-electron chi connectivity index (χ2n) is 4.90. The van der Waals surface area contributed by atoms with E-state index in [4.69, 9.17) is 4.74 Å². The van der Waals surface area contributed by atoms with Crippen LogP contribution >= 0.6 is 11.8 Å². The predicted molar refractivity (Wildman–Crippen MR) is 94.8 cm³/mol. The molecule has 0 atom stereocenters. The van der Waals surface area contributed by atoms with Crippen LogP contribution in [0.5, 0.6) is 5.75 Å². The van der Waals surface area contributed by atoms with E-state index < -0.39 is 0 Å². The van der Waals surface area contributed by atoms with Crippen molar-refractivity contribution >= 4 is 34.6 Å². The third-order valence-corrected chi connectivity index (χ3v) is 4.14.